The second-order valence-electron chi connectivity index (χ2n) is 8.97. The lowest BCUT2D eigenvalue weighted by Crippen LogP contribution is -2.45. The van der Waals surface area contributed by atoms with Gasteiger partial charge in [-0.2, -0.15) is 0 Å². The molecule has 6 heteroatoms. The van der Waals surface area contributed by atoms with Crippen LogP contribution in [0.4, 0.5) is 17.1 Å². The Morgan fingerprint density at radius 1 is 0.727 bits per heavy atom. The monoisotopic (exact) mass is 478 g/mol. The molecule has 0 N–H and O–H groups in total. The van der Waals surface area contributed by atoms with Crippen LogP contribution in [0.5, 0.6) is 0 Å². The number of hydrogen-bond acceptors (Lipinski definition) is 3. The molecule has 2 aliphatic heterocycles. The molecule has 2 heterocycles. The Kier molecular flexibility index (Phi) is 5.48. The molecule has 0 saturated heterocycles. The summed E-state index contributed by atoms with van der Waals surface area (Å²) < 4.78 is 31.7. The number of anilines is 3. The molecule has 3 aromatic rings. The van der Waals surface area contributed by atoms with Gasteiger partial charge in [-0.1, -0.05) is 45.9 Å². The third-order valence-corrected chi connectivity index (χ3v) is 13.2. The number of benzene rings is 3. The first kappa shape index (κ1) is 22.7. The van der Waals surface area contributed by atoms with Gasteiger partial charge in [0.2, 0.25) is 7.29 Å². The number of fused-ring (bicyclic) bond motifs is 4. The Morgan fingerprint density at radius 2 is 1.27 bits per heavy atom. The fourth-order valence-corrected chi connectivity index (χ4v) is 11.1. The molecule has 172 valence electrons. The molecule has 2 atom stereocenters. The molecule has 3 aromatic carbocycles. The summed E-state index contributed by atoms with van der Waals surface area (Å²) in [5.74, 6) is 0. The van der Waals surface area contributed by atoms with Gasteiger partial charge < -0.3 is 9.46 Å². The Hall–Kier alpha value is -2.12. The molecule has 0 saturated carbocycles. The van der Waals surface area contributed by atoms with Gasteiger partial charge in [0, 0.05) is 23.7 Å². The second kappa shape index (κ2) is 7.98. The molecular weight excluding hydrogens is 446 g/mol. The lowest BCUT2D eigenvalue weighted by Gasteiger charge is -2.45. The van der Waals surface area contributed by atoms with E-state index in [-0.39, 0.29) is 0 Å². The summed E-state index contributed by atoms with van der Waals surface area (Å²) in [4.78, 5) is 2.23. The molecular formula is C27H32N2O2P2. The standard InChI is InChI=1S/C27H32N2O2P2/c1-6-19-13-15-21-25(17-19)32(5,30)23-11-10-12-24-27(23)29(21)22-16-14-20(7-2)18-26(22)33(24,31)28(8-3)9-4/h10-18H,6-9H2,1-5H3. The minimum Gasteiger partial charge on any atom is -0.314 e. The SMILES string of the molecule is CCc1ccc2c(c1)P(C)(=O)c1cccc3c1N2c1ccc(CC)cc1P3(=O)N(CC)CC. The highest BCUT2D eigenvalue weighted by Crippen LogP contribution is 2.61. The van der Waals surface area contributed by atoms with Crippen LogP contribution in [0.2, 0.25) is 0 Å². The topological polar surface area (TPSA) is 40.6 Å². The number of aryl methyl sites for hydroxylation is 2. The Bertz CT molecular complexity index is 1360. The molecule has 0 bridgehead atoms. The van der Waals surface area contributed by atoms with E-state index in [9.17, 15) is 4.57 Å². The molecule has 0 fully saturated rings. The zero-order chi connectivity index (χ0) is 23.5. The molecule has 2 unspecified atom stereocenters. The van der Waals surface area contributed by atoms with Crippen molar-refractivity contribution in [1.82, 2.24) is 4.67 Å². The van der Waals surface area contributed by atoms with E-state index in [1.807, 2.05) is 24.9 Å². The first-order chi connectivity index (χ1) is 15.8. The summed E-state index contributed by atoms with van der Waals surface area (Å²) in [6.07, 6.45) is 1.78. The summed E-state index contributed by atoms with van der Waals surface area (Å²) in [7, 11) is -5.96. The van der Waals surface area contributed by atoms with Crippen LogP contribution in [0.15, 0.2) is 54.6 Å². The van der Waals surface area contributed by atoms with E-state index in [0.29, 0.717) is 13.1 Å². The fraction of sp³-hybridized carbons (Fsp3) is 0.333. The van der Waals surface area contributed by atoms with Crippen LogP contribution in [0.1, 0.15) is 38.8 Å². The van der Waals surface area contributed by atoms with Gasteiger partial charge in [0.25, 0.3) is 0 Å². The largest absolute Gasteiger partial charge is 0.314 e. The van der Waals surface area contributed by atoms with Gasteiger partial charge >= 0.3 is 0 Å². The van der Waals surface area contributed by atoms with Crippen LogP contribution in [0, 0.1) is 0 Å². The van der Waals surface area contributed by atoms with E-state index in [0.717, 1.165) is 51.1 Å². The van der Waals surface area contributed by atoms with Crippen LogP contribution in [-0.4, -0.2) is 24.4 Å². The number of hydrogen-bond donors (Lipinski definition) is 0. The first-order valence-electron chi connectivity index (χ1n) is 12.0. The van der Waals surface area contributed by atoms with Gasteiger partial charge in [0.1, 0.15) is 7.14 Å². The van der Waals surface area contributed by atoms with Crippen molar-refractivity contribution in [3.8, 4) is 0 Å². The van der Waals surface area contributed by atoms with Gasteiger partial charge in [-0.25, -0.2) is 4.67 Å². The predicted molar refractivity (Wildman–Crippen MR) is 142 cm³/mol. The minimum absolute atomic E-state index is 0.688. The van der Waals surface area contributed by atoms with Crippen molar-refractivity contribution in [2.45, 2.75) is 40.5 Å². The summed E-state index contributed by atoms with van der Waals surface area (Å²) in [6.45, 7) is 11.6. The Balaban J connectivity index is 1.94. The zero-order valence-corrected chi connectivity index (χ0v) is 21.9. The normalized spacial score (nSPS) is 22.7. The Labute approximate surface area is 197 Å². The van der Waals surface area contributed by atoms with Gasteiger partial charge in [0.15, 0.2) is 0 Å². The van der Waals surface area contributed by atoms with E-state index in [1.165, 1.54) is 11.1 Å². The van der Waals surface area contributed by atoms with Gasteiger partial charge in [-0.05, 0) is 67.0 Å². The average molecular weight is 479 g/mol. The van der Waals surface area contributed by atoms with Crippen molar-refractivity contribution in [3.63, 3.8) is 0 Å². The smallest absolute Gasteiger partial charge is 0.211 e. The number of rotatable bonds is 5. The maximum absolute atomic E-state index is 15.2. The zero-order valence-electron chi connectivity index (χ0n) is 20.1. The van der Waals surface area contributed by atoms with Crippen LogP contribution < -0.4 is 26.1 Å². The molecule has 33 heavy (non-hydrogen) atoms. The maximum Gasteiger partial charge on any atom is 0.211 e. The minimum atomic E-state index is -3.10. The number of nitrogens with zero attached hydrogens (tertiary/aromatic N) is 2. The van der Waals surface area contributed by atoms with E-state index >= 15 is 4.57 Å². The molecule has 4 nitrogen and oxygen atoms in total. The van der Waals surface area contributed by atoms with Crippen molar-refractivity contribution in [1.29, 1.82) is 0 Å². The Morgan fingerprint density at radius 3 is 1.85 bits per heavy atom. The van der Waals surface area contributed by atoms with E-state index < -0.39 is 14.4 Å². The molecule has 5 rings (SSSR count). The number of para-hydroxylation sites is 1. The van der Waals surface area contributed by atoms with Crippen LogP contribution in [-0.2, 0) is 22.0 Å². The second-order valence-corrected chi connectivity index (χ2v) is 14.5. The van der Waals surface area contributed by atoms with E-state index in [1.54, 1.807) is 0 Å². The van der Waals surface area contributed by atoms with Crippen molar-refractivity contribution in [2.75, 3.05) is 24.7 Å². The summed E-state index contributed by atoms with van der Waals surface area (Å²) >= 11 is 0. The maximum atomic E-state index is 15.2. The molecule has 0 aliphatic carbocycles. The molecule has 0 spiro atoms. The summed E-state index contributed by atoms with van der Waals surface area (Å²) in [6, 6.07) is 18.7. The highest BCUT2D eigenvalue weighted by Gasteiger charge is 2.48. The van der Waals surface area contributed by atoms with Gasteiger partial charge in [0.05, 0.1) is 27.7 Å². The van der Waals surface area contributed by atoms with Crippen LogP contribution in [0.25, 0.3) is 0 Å². The quantitative estimate of drug-likeness (QED) is 0.459. The lowest BCUT2D eigenvalue weighted by molar-refractivity contribution is 0.458. The average Bonchev–Trinajstić information content (AvgIpc) is 2.84. The van der Waals surface area contributed by atoms with Crippen molar-refractivity contribution in [2.24, 2.45) is 0 Å². The van der Waals surface area contributed by atoms with Crippen LogP contribution in [0.3, 0.4) is 0 Å². The van der Waals surface area contributed by atoms with Crippen LogP contribution >= 0.6 is 14.4 Å². The first-order valence-corrected chi connectivity index (χ1v) is 15.8. The lowest BCUT2D eigenvalue weighted by atomic mass is 10.1. The molecule has 0 radical (unpaired) electrons. The molecule has 2 aliphatic rings. The van der Waals surface area contributed by atoms with Gasteiger partial charge in [-0.15, -0.1) is 0 Å². The van der Waals surface area contributed by atoms with E-state index in [4.69, 9.17) is 0 Å². The fourth-order valence-electron chi connectivity index (χ4n) is 5.43. The highest BCUT2D eigenvalue weighted by atomic mass is 31.2. The summed E-state index contributed by atoms with van der Waals surface area (Å²) in [5.41, 5.74) is 5.14. The molecule has 0 amide bonds. The van der Waals surface area contributed by atoms with Crippen molar-refractivity contribution in [3.05, 3.63) is 65.7 Å². The summed E-state index contributed by atoms with van der Waals surface area (Å²) in [5, 5.41) is 3.43. The molecule has 0 aromatic heterocycles. The highest BCUT2D eigenvalue weighted by molar-refractivity contribution is 7.80. The van der Waals surface area contributed by atoms with E-state index in [2.05, 4.69) is 73.7 Å². The third-order valence-electron chi connectivity index (χ3n) is 7.30. The van der Waals surface area contributed by atoms with Gasteiger partial charge in [-0.3, -0.25) is 4.57 Å². The van der Waals surface area contributed by atoms with Crippen molar-refractivity contribution < 1.29 is 9.13 Å². The third kappa shape index (κ3) is 3.01. The van der Waals surface area contributed by atoms with Crippen molar-refractivity contribution >= 4 is 52.7 Å². The predicted octanol–water partition coefficient (Wildman–Crippen LogP) is 5.42.